The summed E-state index contributed by atoms with van der Waals surface area (Å²) in [6.07, 6.45) is 1.64. The molecule has 1 atom stereocenters. The fraction of sp³-hybridized carbons (Fsp3) is 0.500. The number of pyridine rings is 1. The number of carbonyl (C=O) groups is 1. The van der Waals surface area contributed by atoms with E-state index in [0.717, 1.165) is 18.8 Å². The van der Waals surface area contributed by atoms with Gasteiger partial charge in [-0.25, -0.2) is 9.78 Å². The van der Waals surface area contributed by atoms with E-state index in [4.69, 9.17) is 10.5 Å². The molecule has 0 aliphatic carbocycles. The third kappa shape index (κ3) is 2.77. The average molecular weight is 251 g/mol. The van der Waals surface area contributed by atoms with Crippen LogP contribution in [0, 0.1) is 0 Å². The number of carbonyl (C=O) groups excluding carboxylic acids is 1. The summed E-state index contributed by atoms with van der Waals surface area (Å²) >= 11 is 0. The van der Waals surface area contributed by atoms with E-state index in [0.29, 0.717) is 18.8 Å². The maximum atomic E-state index is 11.4. The molecular weight excluding hydrogens is 234 g/mol. The summed E-state index contributed by atoms with van der Waals surface area (Å²) in [6, 6.07) is 3.59. The van der Waals surface area contributed by atoms with Gasteiger partial charge in [0.2, 0.25) is 0 Å². The molecule has 2 rings (SSSR count). The van der Waals surface area contributed by atoms with E-state index >= 15 is 0 Å². The first kappa shape index (κ1) is 12.8. The van der Waals surface area contributed by atoms with Crippen LogP contribution >= 0.6 is 0 Å². The van der Waals surface area contributed by atoms with Crippen LogP contribution in [0.1, 0.15) is 10.5 Å². The lowest BCUT2D eigenvalue weighted by atomic mass is 10.2. The van der Waals surface area contributed by atoms with Crippen molar-refractivity contribution in [1.82, 2.24) is 4.98 Å². The van der Waals surface area contributed by atoms with Crippen molar-refractivity contribution in [2.24, 2.45) is 5.73 Å². The van der Waals surface area contributed by atoms with Crippen LogP contribution in [0.4, 0.5) is 5.69 Å². The Morgan fingerprint density at radius 2 is 2.56 bits per heavy atom. The van der Waals surface area contributed by atoms with Crippen LogP contribution in [0.2, 0.25) is 0 Å². The predicted molar refractivity (Wildman–Crippen MR) is 66.6 cm³/mol. The predicted octanol–water partition coefficient (Wildman–Crippen LogP) is 0.0321. The SMILES string of the molecule is COC(=O)c1cc(N2CCOC(CN)C2)ccn1. The molecule has 0 saturated carbocycles. The minimum absolute atomic E-state index is 0.0356. The van der Waals surface area contributed by atoms with Gasteiger partial charge in [-0.1, -0.05) is 0 Å². The van der Waals surface area contributed by atoms with E-state index in [-0.39, 0.29) is 6.10 Å². The number of nitrogens with two attached hydrogens (primary N) is 1. The molecule has 2 heterocycles. The summed E-state index contributed by atoms with van der Waals surface area (Å²) in [5.74, 6) is -0.430. The molecule has 0 spiro atoms. The lowest BCUT2D eigenvalue weighted by Crippen LogP contribution is -2.45. The van der Waals surface area contributed by atoms with Crippen LogP contribution in [-0.4, -0.2) is 50.4 Å². The van der Waals surface area contributed by atoms with Crippen molar-refractivity contribution in [3.05, 3.63) is 24.0 Å². The Kier molecular flexibility index (Phi) is 4.11. The van der Waals surface area contributed by atoms with Gasteiger partial charge in [-0.3, -0.25) is 0 Å². The van der Waals surface area contributed by atoms with Crippen molar-refractivity contribution in [3.8, 4) is 0 Å². The normalized spacial score (nSPS) is 19.7. The number of esters is 1. The van der Waals surface area contributed by atoms with Gasteiger partial charge in [0.05, 0.1) is 19.8 Å². The average Bonchev–Trinajstić information content (AvgIpc) is 2.46. The van der Waals surface area contributed by atoms with Gasteiger partial charge in [0, 0.05) is 31.5 Å². The zero-order valence-corrected chi connectivity index (χ0v) is 10.3. The van der Waals surface area contributed by atoms with Crippen molar-refractivity contribution in [2.45, 2.75) is 6.10 Å². The zero-order chi connectivity index (χ0) is 13.0. The molecule has 0 radical (unpaired) electrons. The van der Waals surface area contributed by atoms with Gasteiger partial charge in [-0.15, -0.1) is 0 Å². The van der Waals surface area contributed by atoms with E-state index in [1.165, 1.54) is 7.11 Å². The van der Waals surface area contributed by atoms with Gasteiger partial charge in [0.25, 0.3) is 0 Å². The first-order valence-corrected chi connectivity index (χ1v) is 5.85. The van der Waals surface area contributed by atoms with Crippen molar-refractivity contribution in [2.75, 3.05) is 38.3 Å². The van der Waals surface area contributed by atoms with Crippen molar-refractivity contribution in [1.29, 1.82) is 0 Å². The number of nitrogens with zero attached hydrogens (tertiary/aromatic N) is 2. The molecule has 1 saturated heterocycles. The summed E-state index contributed by atoms with van der Waals surface area (Å²) in [4.78, 5) is 17.5. The van der Waals surface area contributed by atoms with Gasteiger partial charge in [-0.2, -0.15) is 0 Å². The van der Waals surface area contributed by atoms with Crippen molar-refractivity contribution < 1.29 is 14.3 Å². The molecule has 18 heavy (non-hydrogen) atoms. The molecule has 1 unspecified atom stereocenters. The van der Waals surface area contributed by atoms with Crippen LogP contribution < -0.4 is 10.6 Å². The second kappa shape index (κ2) is 5.79. The molecule has 0 bridgehead atoms. The Labute approximate surface area is 106 Å². The number of hydrogen-bond donors (Lipinski definition) is 1. The molecule has 1 aromatic rings. The number of hydrogen-bond acceptors (Lipinski definition) is 6. The number of aromatic nitrogens is 1. The Balaban J connectivity index is 2.15. The molecule has 6 heteroatoms. The van der Waals surface area contributed by atoms with Crippen molar-refractivity contribution in [3.63, 3.8) is 0 Å². The molecule has 1 aromatic heterocycles. The monoisotopic (exact) mass is 251 g/mol. The molecule has 1 aliphatic rings. The molecule has 1 aliphatic heterocycles. The van der Waals surface area contributed by atoms with E-state index < -0.39 is 5.97 Å². The number of anilines is 1. The van der Waals surface area contributed by atoms with Gasteiger partial charge < -0.3 is 20.1 Å². The fourth-order valence-corrected chi connectivity index (χ4v) is 1.93. The molecule has 0 amide bonds. The quantitative estimate of drug-likeness (QED) is 0.764. The standard InChI is InChI=1S/C12H17N3O3/c1-17-12(16)11-6-9(2-3-14-11)15-4-5-18-10(7-13)8-15/h2-3,6,10H,4-5,7-8,13H2,1H3. The van der Waals surface area contributed by atoms with Gasteiger partial charge >= 0.3 is 5.97 Å². The number of rotatable bonds is 3. The topological polar surface area (TPSA) is 77.7 Å². The summed E-state index contributed by atoms with van der Waals surface area (Å²) in [5.41, 5.74) is 6.85. The highest BCUT2D eigenvalue weighted by molar-refractivity contribution is 5.88. The molecule has 6 nitrogen and oxygen atoms in total. The van der Waals surface area contributed by atoms with Gasteiger partial charge in [0.15, 0.2) is 0 Å². The lowest BCUT2D eigenvalue weighted by Gasteiger charge is -2.34. The van der Waals surface area contributed by atoms with E-state index in [2.05, 4.69) is 14.6 Å². The first-order valence-electron chi connectivity index (χ1n) is 5.85. The second-order valence-corrected chi connectivity index (χ2v) is 4.07. The highest BCUT2D eigenvalue weighted by atomic mass is 16.5. The number of ether oxygens (including phenoxy) is 2. The first-order chi connectivity index (χ1) is 8.74. The third-order valence-corrected chi connectivity index (χ3v) is 2.90. The molecular formula is C12H17N3O3. The maximum Gasteiger partial charge on any atom is 0.356 e. The van der Waals surface area contributed by atoms with Crippen LogP contribution in [0.3, 0.4) is 0 Å². The highest BCUT2D eigenvalue weighted by Crippen LogP contribution is 2.18. The minimum Gasteiger partial charge on any atom is -0.464 e. The Morgan fingerprint density at radius 1 is 1.72 bits per heavy atom. The molecule has 2 N–H and O–H groups in total. The van der Waals surface area contributed by atoms with Crippen LogP contribution in [0.15, 0.2) is 18.3 Å². The fourth-order valence-electron chi connectivity index (χ4n) is 1.93. The van der Waals surface area contributed by atoms with Crippen LogP contribution in [-0.2, 0) is 9.47 Å². The summed E-state index contributed by atoms with van der Waals surface area (Å²) in [6.45, 7) is 2.63. The van der Waals surface area contributed by atoms with Gasteiger partial charge in [-0.05, 0) is 12.1 Å². The van der Waals surface area contributed by atoms with E-state index in [9.17, 15) is 4.79 Å². The van der Waals surface area contributed by atoms with Crippen molar-refractivity contribution >= 4 is 11.7 Å². The van der Waals surface area contributed by atoms with E-state index in [1.54, 1.807) is 12.3 Å². The Bertz CT molecular complexity index is 425. The molecule has 0 aromatic carbocycles. The highest BCUT2D eigenvalue weighted by Gasteiger charge is 2.20. The largest absolute Gasteiger partial charge is 0.464 e. The molecule has 98 valence electrons. The zero-order valence-electron chi connectivity index (χ0n) is 10.3. The maximum absolute atomic E-state index is 11.4. The lowest BCUT2D eigenvalue weighted by molar-refractivity contribution is 0.0465. The Morgan fingerprint density at radius 3 is 3.28 bits per heavy atom. The number of morpholine rings is 1. The second-order valence-electron chi connectivity index (χ2n) is 4.07. The minimum atomic E-state index is -0.430. The smallest absolute Gasteiger partial charge is 0.356 e. The summed E-state index contributed by atoms with van der Waals surface area (Å²) in [7, 11) is 1.34. The Hall–Kier alpha value is -1.66. The van der Waals surface area contributed by atoms with Gasteiger partial charge in [0.1, 0.15) is 5.69 Å². The summed E-state index contributed by atoms with van der Waals surface area (Å²) in [5, 5.41) is 0. The van der Waals surface area contributed by atoms with Crippen LogP contribution in [0.25, 0.3) is 0 Å². The molecule has 1 fully saturated rings. The number of methoxy groups -OCH3 is 1. The van der Waals surface area contributed by atoms with E-state index in [1.807, 2.05) is 6.07 Å². The van der Waals surface area contributed by atoms with Crippen LogP contribution in [0.5, 0.6) is 0 Å². The third-order valence-electron chi connectivity index (χ3n) is 2.90. The summed E-state index contributed by atoms with van der Waals surface area (Å²) < 4.78 is 10.2.